The van der Waals surface area contributed by atoms with Crippen LogP contribution >= 0.6 is 46.4 Å². The molecular weight excluding hydrogens is 520 g/mol. The first-order chi connectivity index (χ1) is 16.3. The highest BCUT2D eigenvalue weighted by Gasteiger charge is 2.35. The van der Waals surface area contributed by atoms with E-state index in [4.69, 9.17) is 51.1 Å². The number of hydrazine groups is 1. The molecule has 4 rings (SSSR count). The number of ether oxygens (including phenoxy) is 1. The number of rotatable bonds is 7. The number of nitrogens with zero attached hydrogens (tertiary/aromatic N) is 1. The molecule has 0 bridgehead atoms. The minimum Gasteiger partial charge on any atom is -0.487 e. The molecule has 2 amide bonds. The standard InChI is InChI=1S/C24H19Cl4N3O3/c25-16-2-5-18(6-3-16)31-12-15(10-23(31)32)24(33)30-29-21-11-17(26)4-8-22(21)34-13-14-1-7-19(27)20(28)9-14/h1-9,11,15,29H,10,12-13H2,(H,30,33)/t15-/m1/s1. The Morgan fingerprint density at radius 2 is 1.68 bits per heavy atom. The molecule has 1 atom stereocenters. The number of hydrogen-bond acceptors (Lipinski definition) is 4. The summed E-state index contributed by atoms with van der Waals surface area (Å²) in [6, 6.07) is 17.1. The summed E-state index contributed by atoms with van der Waals surface area (Å²) in [5, 5.41) is 1.93. The molecule has 0 unspecified atom stereocenters. The Bertz CT molecular complexity index is 1220. The van der Waals surface area contributed by atoms with Crippen LogP contribution in [0.4, 0.5) is 11.4 Å². The molecule has 6 nitrogen and oxygen atoms in total. The van der Waals surface area contributed by atoms with Gasteiger partial charge in [0.2, 0.25) is 11.8 Å². The van der Waals surface area contributed by atoms with Crippen LogP contribution in [0.1, 0.15) is 12.0 Å². The molecule has 0 radical (unpaired) electrons. The topological polar surface area (TPSA) is 70.7 Å². The third kappa shape index (κ3) is 5.88. The number of amides is 2. The van der Waals surface area contributed by atoms with E-state index in [9.17, 15) is 9.59 Å². The molecule has 1 saturated heterocycles. The molecule has 1 aliphatic heterocycles. The molecule has 3 aromatic rings. The minimum absolute atomic E-state index is 0.104. The smallest absolute Gasteiger partial charge is 0.243 e. The summed E-state index contributed by atoms with van der Waals surface area (Å²) < 4.78 is 5.89. The average Bonchev–Trinajstić information content (AvgIpc) is 3.21. The van der Waals surface area contributed by atoms with Crippen molar-refractivity contribution in [1.82, 2.24) is 5.43 Å². The number of anilines is 2. The van der Waals surface area contributed by atoms with Crippen molar-refractivity contribution in [2.24, 2.45) is 5.92 Å². The van der Waals surface area contributed by atoms with Crippen LogP contribution < -0.4 is 20.5 Å². The van der Waals surface area contributed by atoms with Gasteiger partial charge in [-0.1, -0.05) is 52.5 Å². The summed E-state index contributed by atoms with van der Waals surface area (Å²) in [7, 11) is 0. The highest BCUT2D eigenvalue weighted by Crippen LogP contribution is 2.30. The maximum atomic E-state index is 12.8. The molecule has 3 aromatic carbocycles. The summed E-state index contributed by atoms with van der Waals surface area (Å²) >= 11 is 24.1. The summed E-state index contributed by atoms with van der Waals surface area (Å²) in [6.07, 6.45) is 0.104. The van der Waals surface area contributed by atoms with Crippen molar-refractivity contribution in [3.8, 4) is 5.75 Å². The quantitative estimate of drug-likeness (QED) is 0.342. The molecule has 1 fully saturated rings. The number of benzene rings is 3. The molecule has 176 valence electrons. The van der Waals surface area contributed by atoms with Crippen molar-refractivity contribution in [3.63, 3.8) is 0 Å². The maximum absolute atomic E-state index is 12.8. The lowest BCUT2D eigenvalue weighted by atomic mass is 10.1. The zero-order valence-corrected chi connectivity index (χ0v) is 20.7. The fourth-order valence-corrected chi connectivity index (χ4v) is 4.12. The van der Waals surface area contributed by atoms with Crippen molar-refractivity contribution in [1.29, 1.82) is 0 Å². The molecule has 1 aliphatic rings. The molecule has 2 N–H and O–H groups in total. The largest absolute Gasteiger partial charge is 0.487 e. The fraction of sp³-hybridized carbons (Fsp3) is 0.167. The van der Waals surface area contributed by atoms with Gasteiger partial charge >= 0.3 is 0 Å². The molecule has 34 heavy (non-hydrogen) atoms. The van der Waals surface area contributed by atoms with E-state index in [1.165, 1.54) is 0 Å². The van der Waals surface area contributed by atoms with Crippen LogP contribution in [0, 0.1) is 5.92 Å². The van der Waals surface area contributed by atoms with Gasteiger partial charge in [-0.2, -0.15) is 0 Å². The molecule has 0 aromatic heterocycles. The van der Waals surface area contributed by atoms with Crippen LogP contribution in [-0.2, 0) is 16.2 Å². The Labute approximate surface area is 216 Å². The van der Waals surface area contributed by atoms with E-state index in [-0.39, 0.29) is 31.4 Å². The summed E-state index contributed by atoms with van der Waals surface area (Å²) in [4.78, 5) is 26.8. The van der Waals surface area contributed by atoms with Gasteiger partial charge in [-0.3, -0.25) is 20.4 Å². The number of halogens is 4. The third-order valence-corrected chi connectivity index (χ3v) is 6.50. The van der Waals surface area contributed by atoms with E-state index in [2.05, 4.69) is 10.9 Å². The van der Waals surface area contributed by atoms with Crippen LogP contribution in [0.15, 0.2) is 60.7 Å². The summed E-state index contributed by atoms with van der Waals surface area (Å²) in [6.45, 7) is 0.499. The second kappa shape index (κ2) is 10.7. The van der Waals surface area contributed by atoms with Crippen LogP contribution in [0.2, 0.25) is 20.1 Å². The van der Waals surface area contributed by atoms with Gasteiger partial charge in [0.1, 0.15) is 12.4 Å². The zero-order chi connectivity index (χ0) is 24.2. The molecule has 0 spiro atoms. The fourth-order valence-electron chi connectivity index (χ4n) is 3.50. The molecular formula is C24H19Cl4N3O3. The van der Waals surface area contributed by atoms with Crippen LogP contribution in [-0.4, -0.2) is 18.4 Å². The van der Waals surface area contributed by atoms with Crippen LogP contribution in [0.25, 0.3) is 0 Å². The minimum atomic E-state index is -0.518. The van der Waals surface area contributed by atoms with Crippen molar-refractivity contribution in [2.45, 2.75) is 13.0 Å². The third-order valence-electron chi connectivity index (χ3n) is 5.27. The van der Waals surface area contributed by atoms with Crippen molar-refractivity contribution >= 4 is 69.6 Å². The Hall–Kier alpha value is -2.64. The molecule has 0 saturated carbocycles. The zero-order valence-electron chi connectivity index (χ0n) is 17.7. The number of nitrogens with one attached hydrogen (secondary N) is 2. The van der Waals surface area contributed by atoms with E-state index in [0.29, 0.717) is 37.2 Å². The van der Waals surface area contributed by atoms with Gasteiger partial charge in [0.25, 0.3) is 0 Å². The van der Waals surface area contributed by atoms with E-state index < -0.39 is 5.92 Å². The SMILES string of the molecule is O=C(NNc1cc(Cl)ccc1OCc1ccc(Cl)c(Cl)c1)[C@@H]1CC(=O)N(c2ccc(Cl)cc2)C1. The normalized spacial score (nSPS) is 15.4. The van der Waals surface area contributed by atoms with Gasteiger partial charge < -0.3 is 9.64 Å². The lowest BCUT2D eigenvalue weighted by Gasteiger charge is -2.18. The predicted molar refractivity (Wildman–Crippen MR) is 136 cm³/mol. The summed E-state index contributed by atoms with van der Waals surface area (Å²) in [5.41, 5.74) is 7.52. The second-order valence-corrected chi connectivity index (χ2v) is 9.36. The lowest BCUT2D eigenvalue weighted by Crippen LogP contribution is -2.36. The first-order valence-electron chi connectivity index (χ1n) is 10.3. The highest BCUT2D eigenvalue weighted by molar-refractivity contribution is 6.42. The Morgan fingerprint density at radius 1 is 0.941 bits per heavy atom. The first kappa shape index (κ1) is 24.5. The number of carbonyl (C=O) groups is 2. The van der Waals surface area contributed by atoms with Crippen molar-refractivity contribution in [2.75, 3.05) is 16.9 Å². The number of carbonyl (C=O) groups excluding carboxylic acids is 2. The van der Waals surface area contributed by atoms with Gasteiger partial charge in [0, 0.05) is 28.7 Å². The molecule has 0 aliphatic carbocycles. The van der Waals surface area contributed by atoms with E-state index in [0.717, 1.165) is 5.56 Å². The Balaban J connectivity index is 1.38. The maximum Gasteiger partial charge on any atom is 0.243 e. The highest BCUT2D eigenvalue weighted by atomic mass is 35.5. The van der Waals surface area contributed by atoms with Gasteiger partial charge in [0.05, 0.1) is 21.7 Å². The molecule has 1 heterocycles. The van der Waals surface area contributed by atoms with Gasteiger partial charge in [-0.05, 0) is 60.2 Å². The second-order valence-electron chi connectivity index (χ2n) is 7.67. The van der Waals surface area contributed by atoms with E-state index in [1.807, 2.05) is 6.07 Å². The van der Waals surface area contributed by atoms with E-state index >= 15 is 0 Å². The van der Waals surface area contributed by atoms with Gasteiger partial charge in [0.15, 0.2) is 0 Å². The van der Waals surface area contributed by atoms with Crippen LogP contribution in [0.5, 0.6) is 5.75 Å². The summed E-state index contributed by atoms with van der Waals surface area (Å²) in [5.74, 6) is -0.493. The monoisotopic (exact) mass is 537 g/mol. The number of hydrogen-bond donors (Lipinski definition) is 2. The van der Waals surface area contributed by atoms with Gasteiger partial charge in [-0.15, -0.1) is 0 Å². The molecule has 10 heteroatoms. The lowest BCUT2D eigenvalue weighted by molar-refractivity contribution is -0.125. The van der Waals surface area contributed by atoms with Gasteiger partial charge in [-0.25, -0.2) is 0 Å². The average molecular weight is 539 g/mol. The Morgan fingerprint density at radius 3 is 2.41 bits per heavy atom. The predicted octanol–water partition coefficient (Wildman–Crippen LogP) is 6.38. The Kier molecular flexibility index (Phi) is 7.73. The van der Waals surface area contributed by atoms with E-state index in [1.54, 1.807) is 59.5 Å². The van der Waals surface area contributed by atoms with Crippen LogP contribution in [0.3, 0.4) is 0 Å². The first-order valence-corrected chi connectivity index (χ1v) is 11.8. The van der Waals surface area contributed by atoms with Crippen molar-refractivity contribution < 1.29 is 14.3 Å². The van der Waals surface area contributed by atoms with Crippen molar-refractivity contribution in [3.05, 3.63) is 86.3 Å².